The quantitative estimate of drug-likeness (QED) is 0.00962. The molecule has 0 unspecified atom stereocenters. The number of phenolic OH excluding ortho intramolecular Hbond substituents is 2. The summed E-state index contributed by atoms with van der Waals surface area (Å²) in [7, 11) is 2.57. The van der Waals surface area contributed by atoms with Crippen LogP contribution < -0.4 is 101 Å². The molecule has 3 saturated heterocycles. The maximum atomic E-state index is 15.2. The number of aromatic hydroxyl groups is 2. The van der Waals surface area contributed by atoms with E-state index in [1.165, 1.54) is 77.3 Å². The second-order valence-electron chi connectivity index (χ2n) is 36.0. The minimum absolute atomic E-state index is 0. The molecule has 9 atom stereocenters. The zero-order valence-electron chi connectivity index (χ0n) is 81.3. The second kappa shape index (κ2) is 59.7. The van der Waals surface area contributed by atoms with Crippen molar-refractivity contribution in [2.75, 3.05) is 138 Å². The summed E-state index contributed by atoms with van der Waals surface area (Å²) in [5.41, 5.74) is 13.3. The number of hydrogen-bond acceptors (Lipinski definition) is 28. The number of aliphatic carboxylic acids is 3. The van der Waals surface area contributed by atoms with Gasteiger partial charge in [0, 0.05) is 151 Å². The first-order chi connectivity index (χ1) is 68.9. The number of benzene rings is 6. The number of carbonyl (C=O) groups is 17. The average molecular weight is 2110 g/mol. The summed E-state index contributed by atoms with van der Waals surface area (Å²) < 4.78 is 0. The fraction of sp³-hybridized carbons (Fsp3) is 0.480. The molecule has 0 aliphatic carbocycles. The van der Waals surface area contributed by atoms with Gasteiger partial charge >= 0.3 is 25.8 Å². The van der Waals surface area contributed by atoms with Crippen molar-refractivity contribution < 1.29 is 107 Å². The second-order valence-corrected chi connectivity index (χ2v) is 36.0. The Hall–Kier alpha value is -14.3. The topological polar surface area (TPSA) is 687 Å². The number of rotatable bonds is 42. The molecule has 3 aliphatic heterocycles. The molecule has 145 heavy (non-hydrogen) atoms. The average Bonchev–Trinajstić information content (AvgIpc) is 1.74. The first-order valence-electron chi connectivity index (χ1n) is 48.0. The minimum atomic E-state index is -1.67. The van der Waals surface area contributed by atoms with E-state index in [0.717, 1.165) is 31.3 Å². The van der Waals surface area contributed by atoms with Crippen molar-refractivity contribution in [1.29, 1.82) is 10.8 Å². The Labute approximate surface area is 857 Å². The van der Waals surface area contributed by atoms with Gasteiger partial charge in [0.05, 0.1) is 44.0 Å². The van der Waals surface area contributed by atoms with E-state index in [4.69, 9.17) is 22.3 Å². The van der Waals surface area contributed by atoms with Gasteiger partial charge in [-0.2, -0.15) is 0 Å². The number of fused-ring (bicyclic) bond motifs is 2. The van der Waals surface area contributed by atoms with E-state index in [-0.39, 0.29) is 231 Å². The third-order valence-corrected chi connectivity index (χ3v) is 24.8. The third kappa shape index (κ3) is 40.4. The number of carbonyl (C=O) groups excluding carboxylic acids is 17. The maximum Gasteiger partial charge on any atom is 3.00 e. The monoisotopic (exact) mass is 2110 g/mol. The van der Waals surface area contributed by atoms with Gasteiger partial charge in [-0.25, -0.2) is 0 Å². The van der Waals surface area contributed by atoms with Crippen molar-refractivity contribution in [3.63, 3.8) is 0 Å². The van der Waals surface area contributed by atoms with Crippen molar-refractivity contribution >= 4 is 160 Å². The molecule has 6 aromatic carbocycles. The Balaban J connectivity index is 0.0000257. The zero-order chi connectivity index (χ0) is 104. The van der Waals surface area contributed by atoms with Crippen molar-refractivity contribution in [2.24, 2.45) is 11.5 Å². The van der Waals surface area contributed by atoms with E-state index in [1.807, 2.05) is 72.8 Å². The summed E-state index contributed by atoms with van der Waals surface area (Å²) in [6.45, 7) is -2.70. The van der Waals surface area contributed by atoms with Crippen LogP contribution in [0.4, 0.5) is 0 Å². The number of nitrogens with one attached hydrogen (secondary N) is 16. The van der Waals surface area contributed by atoms with Gasteiger partial charge in [-0.15, -0.1) is 0 Å². The van der Waals surface area contributed by atoms with Crippen LogP contribution in [-0.4, -0.2) is 371 Å². The van der Waals surface area contributed by atoms with E-state index >= 15 is 19.2 Å². The first kappa shape index (κ1) is 116. The third-order valence-electron chi connectivity index (χ3n) is 24.8. The van der Waals surface area contributed by atoms with Crippen LogP contribution in [0, 0.1) is 10.8 Å². The van der Waals surface area contributed by atoms with Crippen molar-refractivity contribution in [1.82, 2.24) is 104 Å². The van der Waals surface area contributed by atoms with Crippen LogP contribution in [-0.2, 0) is 107 Å². The zero-order valence-corrected chi connectivity index (χ0v) is 84.6. The fourth-order valence-electron chi connectivity index (χ4n) is 17.0. The largest absolute Gasteiger partial charge is 3.00 e. The predicted octanol–water partition coefficient (Wildman–Crippen LogP) is -7.54. The number of likely N-dealkylation sites (N-methyl/N-ethyl adjacent to an activating group) is 2. The minimum Gasteiger partial charge on any atom is -0.549 e. The number of carboxylic acid groups (broad SMARTS) is 3. The van der Waals surface area contributed by atoms with Crippen LogP contribution in [0.3, 0.4) is 0 Å². The van der Waals surface area contributed by atoms with Crippen LogP contribution in [0.15, 0.2) is 133 Å². The Morgan fingerprint density at radius 3 is 1.12 bits per heavy atom. The predicted molar refractivity (Wildman–Crippen MR) is 527 cm³/mol. The Kier molecular flexibility index (Phi) is 47.7. The Morgan fingerprint density at radius 2 is 0.724 bits per heavy atom. The molecule has 3 aliphatic rings. The van der Waals surface area contributed by atoms with E-state index in [1.54, 1.807) is 17.0 Å². The number of nitrogens with zero attached hydrogens (tertiary/aromatic N) is 6. The number of hydrogen-bond donors (Lipinski definition) is 20. The van der Waals surface area contributed by atoms with Gasteiger partial charge in [-0.1, -0.05) is 116 Å². The molecule has 0 radical (unpaired) electrons. The molecule has 3 heterocycles. The molecular weight excluding hydrogens is 1980 g/mol. The van der Waals surface area contributed by atoms with Crippen LogP contribution in [0.5, 0.6) is 11.5 Å². The van der Waals surface area contributed by atoms with Gasteiger partial charge in [0.25, 0.3) is 0 Å². The molecule has 3 fully saturated rings. The van der Waals surface area contributed by atoms with Gasteiger partial charge in [0.1, 0.15) is 65.9 Å². The van der Waals surface area contributed by atoms with Crippen molar-refractivity contribution in [3.05, 3.63) is 156 Å². The molecular formula is C98H131InN24O22. The van der Waals surface area contributed by atoms with Gasteiger partial charge in [0.15, 0.2) is 11.9 Å². The first-order valence-corrected chi connectivity index (χ1v) is 48.0. The molecule has 46 nitrogen and oxygen atoms in total. The summed E-state index contributed by atoms with van der Waals surface area (Å²) in [5, 5.41) is 112. The molecule has 14 amide bonds. The van der Waals surface area contributed by atoms with Crippen LogP contribution in [0.1, 0.15) is 106 Å². The van der Waals surface area contributed by atoms with Gasteiger partial charge in [0.2, 0.25) is 82.7 Å². The smallest absolute Gasteiger partial charge is 0.549 e. The summed E-state index contributed by atoms with van der Waals surface area (Å²) in [6.07, 6.45) is -1.71. The standard InChI is InChI=1S/C98H134N24O22.In/c1-117-78(93(141)113-71(18-10-38-106-97(99)100)91(139)115-73(52-63-23-29-65-14-5-7-16-67(65)48-63)89(137)108-55-82(127)111-76(95(117)143)50-61-25-31-69(123)32-26-61)20-12-36-103-81(126)54-75(110-80(125)22-4-3-9-35-104-84(129)57-119-40-42-120(58-85(130)131)44-46-122(60-87(134)135)47-45-121(43-41-119)59-86(132)133)88(136)105-37-13-21-79-94(142)114-72(19-11-39-107-98(101)102)92(140)116-74(53-64-24-30-66-15-6-8-17-68(66)49-64)90(138)109-56-83(128)112-77(96(144)118(79)2)51-62-27-33-70(124)34-28-62;/h5-8,14-17,23-34,48-49,71-79,123-124H,3-4,9-13,18-22,35-47,50-60H2,1-2H3,(H,103,126)(H,104,129)(H,105,136)(H,108,137)(H,109,138)(H,110,125)(H,111,127)(H,112,128)(H,113,141)(H,114,142)(H,115,139)(H,116,140)(H,130,131)(H,132,133)(H,134,135)(H4,99,100,106)(H4,101,102,107);/q;+3/p-3/t71-,72-,73-,74-,75-,76+,77+,78+,79+;/m0./s1. The SMILES string of the molecule is CN1C(=O)[C@@H](Cc2ccc(O)cc2)NC(=O)CNC(=O)[C@H](Cc2ccc3ccccc3c2)NC(=O)[C@H](CCCNC(=N)N)NC(=O)[C@H]1CCCNC(=O)C[C@H](NC(=O)CCCCCNC(=O)CN1CCN(CC(=O)[O-])CCN(CC(=O)[O-])CCN(CC(=O)[O-])CC1)C(=O)NCCC[C@@H]1C(=O)N[C@@H](CCCNC(=N)N)C(=O)N[C@@H](Cc2ccc3ccccc3c2)C(=O)NCC(=O)N[C@H](Cc2ccc(O)cc2)C(=O)N1C.[In+3]. The van der Waals surface area contributed by atoms with Crippen LogP contribution >= 0.6 is 0 Å². The Bertz CT molecular complexity index is 5460. The van der Waals surface area contributed by atoms with E-state index in [2.05, 4.69) is 74.4 Å². The number of unbranched alkanes of at least 4 members (excludes halogenated alkanes) is 2. The maximum absolute atomic E-state index is 15.2. The molecule has 0 aromatic heterocycles. The van der Waals surface area contributed by atoms with Gasteiger partial charge < -0.3 is 136 Å². The molecule has 0 bridgehead atoms. The van der Waals surface area contributed by atoms with Crippen LogP contribution in [0.2, 0.25) is 0 Å². The molecule has 47 heteroatoms. The van der Waals surface area contributed by atoms with E-state index in [0.29, 0.717) is 35.1 Å². The van der Waals surface area contributed by atoms with Crippen molar-refractivity contribution in [3.8, 4) is 11.5 Å². The number of phenols is 2. The van der Waals surface area contributed by atoms with Gasteiger partial charge in [-0.05, 0) is 132 Å². The fourth-order valence-corrected chi connectivity index (χ4v) is 17.0. The normalized spacial score (nSPS) is 19.8. The molecule has 778 valence electrons. The van der Waals surface area contributed by atoms with Gasteiger partial charge in [-0.3, -0.25) is 97.5 Å². The summed E-state index contributed by atoms with van der Waals surface area (Å²) in [6, 6.07) is 24.1. The summed E-state index contributed by atoms with van der Waals surface area (Å²) in [4.78, 5) is 248. The summed E-state index contributed by atoms with van der Waals surface area (Å²) >= 11 is 0. The summed E-state index contributed by atoms with van der Waals surface area (Å²) in [5.74, 6) is -16.5. The number of guanidine groups is 2. The number of amides is 14. The molecule has 9 rings (SSSR count). The molecule has 0 spiro atoms. The van der Waals surface area contributed by atoms with E-state index < -0.39 is 194 Å². The van der Waals surface area contributed by atoms with Crippen LogP contribution in [0.25, 0.3) is 21.5 Å². The number of carboxylic acids is 3. The molecule has 22 N–H and O–H groups in total. The Morgan fingerprint density at radius 1 is 0.379 bits per heavy atom. The van der Waals surface area contributed by atoms with Crippen molar-refractivity contribution in [2.45, 2.75) is 164 Å². The molecule has 0 saturated carbocycles. The molecule has 6 aromatic rings. The van der Waals surface area contributed by atoms with E-state index in [9.17, 15) is 87.9 Å². The number of nitrogens with two attached hydrogens (primary N) is 2.